The van der Waals surface area contributed by atoms with Crippen LogP contribution in [-0.4, -0.2) is 35.5 Å². The fourth-order valence-electron chi connectivity index (χ4n) is 2.51. The third-order valence-corrected chi connectivity index (χ3v) is 3.57. The monoisotopic (exact) mass is 316 g/mol. The Morgan fingerprint density at radius 1 is 1.43 bits per heavy atom. The molecule has 0 fully saturated rings. The number of rotatable bonds is 3. The molecule has 1 amide bonds. The highest BCUT2D eigenvalue weighted by molar-refractivity contribution is 5.96. The van der Waals surface area contributed by atoms with Gasteiger partial charge in [-0.25, -0.2) is 9.37 Å². The van der Waals surface area contributed by atoms with Crippen molar-refractivity contribution in [2.75, 3.05) is 19.8 Å². The zero-order valence-electron chi connectivity index (χ0n) is 12.8. The van der Waals surface area contributed by atoms with Gasteiger partial charge in [0.1, 0.15) is 23.7 Å². The molecule has 2 aromatic rings. The zero-order chi connectivity index (χ0) is 16.2. The van der Waals surface area contributed by atoms with Crippen LogP contribution < -0.4 is 9.47 Å². The van der Waals surface area contributed by atoms with Crippen molar-refractivity contribution in [2.45, 2.75) is 13.5 Å². The lowest BCUT2D eigenvalue weighted by molar-refractivity contribution is 0.0728. The molecule has 1 aromatic heterocycles. The Labute approximate surface area is 133 Å². The van der Waals surface area contributed by atoms with Gasteiger partial charge >= 0.3 is 0 Å². The van der Waals surface area contributed by atoms with Crippen LogP contribution in [0.4, 0.5) is 4.39 Å². The third-order valence-electron chi connectivity index (χ3n) is 3.57. The molecule has 2 heterocycles. The average Bonchev–Trinajstić information content (AvgIpc) is 2.77. The summed E-state index contributed by atoms with van der Waals surface area (Å²) in [4.78, 5) is 18.5. The van der Waals surface area contributed by atoms with Crippen LogP contribution in [0.25, 0.3) is 0 Å². The van der Waals surface area contributed by atoms with Gasteiger partial charge < -0.3 is 14.4 Å². The number of pyridine rings is 1. The molecule has 1 aromatic carbocycles. The predicted molar refractivity (Wildman–Crippen MR) is 82.0 cm³/mol. The molecule has 0 radical (unpaired) electrons. The lowest BCUT2D eigenvalue weighted by Crippen LogP contribution is -2.32. The highest BCUT2D eigenvalue weighted by atomic mass is 19.1. The maximum Gasteiger partial charge on any atom is 0.259 e. The first-order chi connectivity index (χ1) is 11.2. The number of halogens is 1. The van der Waals surface area contributed by atoms with Crippen molar-refractivity contribution in [1.82, 2.24) is 9.88 Å². The molecule has 1 aliphatic heterocycles. The maximum atomic E-state index is 13.5. The molecule has 0 saturated heterocycles. The summed E-state index contributed by atoms with van der Waals surface area (Å²) >= 11 is 0. The van der Waals surface area contributed by atoms with Crippen molar-refractivity contribution < 1.29 is 18.7 Å². The van der Waals surface area contributed by atoms with Crippen LogP contribution in [0, 0.1) is 5.82 Å². The Balaban J connectivity index is 1.88. The molecule has 0 aliphatic carbocycles. The van der Waals surface area contributed by atoms with Gasteiger partial charge in [-0.1, -0.05) is 0 Å². The van der Waals surface area contributed by atoms with E-state index in [0.717, 1.165) is 0 Å². The number of benzene rings is 1. The van der Waals surface area contributed by atoms with Crippen molar-refractivity contribution in [3.8, 4) is 11.6 Å². The van der Waals surface area contributed by atoms with E-state index >= 15 is 0 Å². The molecule has 5 nitrogen and oxygen atoms in total. The van der Waals surface area contributed by atoms with Crippen LogP contribution in [0.2, 0.25) is 0 Å². The van der Waals surface area contributed by atoms with E-state index in [1.54, 1.807) is 29.3 Å². The number of nitrogens with zero attached hydrogens (tertiary/aromatic N) is 2. The van der Waals surface area contributed by atoms with Crippen LogP contribution in [0.3, 0.4) is 0 Å². The molecule has 0 saturated carbocycles. The maximum absolute atomic E-state index is 13.5. The van der Waals surface area contributed by atoms with E-state index < -0.39 is 0 Å². The summed E-state index contributed by atoms with van der Waals surface area (Å²) in [6, 6.07) is 7.71. The van der Waals surface area contributed by atoms with Crippen LogP contribution in [0.15, 0.2) is 36.5 Å². The lowest BCUT2D eigenvalue weighted by atomic mass is 10.1. The number of carbonyl (C=O) groups excluding carboxylic acids is 1. The SMILES string of the molecule is CCOc1ncccc1C(=O)N1CCOc2ccc(F)cc2C1. The second-order valence-corrected chi connectivity index (χ2v) is 5.12. The highest BCUT2D eigenvalue weighted by Gasteiger charge is 2.24. The second-order valence-electron chi connectivity index (χ2n) is 5.12. The van der Waals surface area contributed by atoms with E-state index in [1.165, 1.54) is 12.1 Å². The van der Waals surface area contributed by atoms with Crippen molar-refractivity contribution >= 4 is 5.91 Å². The Morgan fingerprint density at radius 2 is 2.30 bits per heavy atom. The van der Waals surface area contributed by atoms with Crippen LogP contribution in [-0.2, 0) is 6.54 Å². The summed E-state index contributed by atoms with van der Waals surface area (Å²) in [5, 5.41) is 0. The molecule has 1 aliphatic rings. The van der Waals surface area contributed by atoms with Gasteiger partial charge in [0.2, 0.25) is 5.88 Å². The quantitative estimate of drug-likeness (QED) is 0.873. The molecule has 3 rings (SSSR count). The molecule has 0 atom stereocenters. The van der Waals surface area contributed by atoms with Gasteiger partial charge in [-0.2, -0.15) is 0 Å². The van der Waals surface area contributed by atoms with Gasteiger partial charge in [0.05, 0.1) is 13.2 Å². The Hall–Kier alpha value is -2.63. The molecule has 0 unspecified atom stereocenters. The van der Waals surface area contributed by atoms with Crippen molar-refractivity contribution in [3.05, 3.63) is 53.5 Å². The van der Waals surface area contributed by atoms with Crippen molar-refractivity contribution in [1.29, 1.82) is 0 Å². The molecule has 120 valence electrons. The highest BCUT2D eigenvalue weighted by Crippen LogP contribution is 2.26. The summed E-state index contributed by atoms with van der Waals surface area (Å²) in [6.45, 7) is 3.31. The topological polar surface area (TPSA) is 51.7 Å². The first-order valence-electron chi connectivity index (χ1n) is 7.47. The smallest absolute Gasteiger partial charge is 0.259 e. The standard InChI is InChI=1S/C17H17FN2O3/c1-2-22-16-14(4-3-7-19-16)17(21)20-8-9-23-15-6-5-13(18)10-12(15)11-20/h3-7,10H,2,8-9,11H2,1H3. The van der Waals surface area contributed by atoms with Gasteiger partial charge in [0, 0.05) is 18.3 Å². The number of hydrogen-bond acceptors (Lipinski definition) is 4. The minimum Gasteiger partial charge on any atom is -0.491 e. The fraction of sp³-hybridized carbons (Fsp3) is 0.294. The van der Waals surface area contributed by atoms with E-state index in [2.05, 4.69) is 4.98 Å². The largest absolute Gasteiger partial charge is 0.491 e. The first-order valence-corrected chi connectivity index (χ1v) is 7.47. The van der Waals surface area contributed by atoms with Gasteiger partial charge in [-0.15, -0.1) is 0 Å². The summed E-state index contributed by atoms with van der Waals surface area (Å²) in [7, 11) is 0. The average molecular weight is 316 g/mol. The number of aromatic nitrogens is 1. The number of carbonyl (C=O) groups is 1. The Kier molecular flexibility index (Phi) is 4.41. The molecular formula is C17H17FN2O3. The number of fused-ring (bicyclic) bond motifs is 1. The Morgan fingerprint density at radius 3 is 3.13 bits per heavy atom. The first kappa shape index (κ1) is 15.3. The Bertz CT molecular complexity index is 721. The van der Waals surface area contributed by atoms with Gasteiger partial charge in [-0.05, 0) is 37.3 Å². The minimum absolute atomic E-state index is 0.206. The van der Waals surface area contributed by atoms with E-state index in [4.69, 9.17) is 9.47 Å². The van der Waals surface area contributed by atoms with Gasteiger partial charge in [0.25, 0.3) is 5.91 Å². The summed E-state index contributed by atoms with van der Waals surface area (Å²) in [5.41, 5.74) is 1.05. The van der Waals surface area contributed by atoms with E-state index in [1.807, 2.05) is 6.92 Å². The molecule has 0 bridgehead atoms. The number of hydrogen-bond donors (Lipinski definition) is 0. The summed E-state index contributed by atoms with van der Waals surface area (Å²) < 4.78 is 24.5. The molecule has 0 N–H and O–H groups in total. The fourth-order valence-corrected chi connectivity index (χ4v) is 2.51. The molecular weight excluding hydrogens is 299 g/mol. The third kappa shape index (κ3) is 3.26. The van der Waals surface area contributed by atoms with E-state index in [-0.39, 0.29) is 18.3 Å². The summed E-state index contributed by atoms with van der Waals surface area (Å²) in [5.74, 6) is 0.364. The van der Waals surface area contributed by atoms with Crippen molar-refractivity contribution in [3.63, 3.8) is 0 Å². The number of ether oxygens (including phenoxy) is 2. The lowest BCUT2D eigenvalue weighted by Gasteiger charge is -2.20. The van der Waals surface area contributed by atoms with Gasteiger partial charge in [0.15, 0.2) is 0 Å². The molecule has 6 heteroatoms. The van der Waals surface area contributed by atoms with Crippen molar-refractivity contribution in [2.24, 2.45) is 0 Å². The second kappa shape index (κ2) is 6.64. The predicted octanol–water partition coefficient (Wildman–Crippen LogP) is 2.65. The van der Waals surface area contributed by atoms with Crippen LogP contribution >= 0.6 is 0 Å². The normalized spacial score (nSPS) is 13.7. The van der Waals surface area contributed by atoms with E-state index in [0.29, 0.717) is 42.5 Å². The van der Waals surface area contributed by atoms with E-state index in [9.17, 15) is 9.18 Å². The van der Waals surface area contributed by atoms with Crippen LogP contribution in [0.5, 0.6) is 11.6 Å². The zero-order valence-corrected chi connectivity index (χ0v) is 12.8. The van der Waals surface area contributed by atoms with Crippen LogP contribution in [0.1, 0.15) is 22.8 Å². The molecule has 0 spiro atoms. The summed E-state index contributed by atoms with van der Waals surface area (Å²) in [6.07, 6.45) is 1.58. The molecule has 23 heavy (non-hydrogen) atoms. The number of amides is 1. The van der Waals surface area contributed by atoms with Gasteiger partial charge in [-0.3, -0.25) is 4.79 Å². The minimum atomic E-state index is -0.349.